The fourth-order valence-electron chi connectivity index (χ4n) is 3.28. The number of benzene rings is 2. The van der Waals surface area contributed by atoms with Crippen molar-refractivity contribution in [1.82, 2.24) is 14.8 Å². The fourth-order valence-corrected chi connectivity index (χ4v) is 3.70. The number of hydrogen-bond acceptors (Lipinski definition) is 4. The summed E-state index contributed by atoms with van der Waals surface area (Å²) in [5, 5.41) is 7.63. The lowest BCUT2D eigenvalue weighted by Crippen LogP contribution is -2.28. The SMILES string of the molecule is FC(F)Oc1ccccc1[C@@H]1C[C@H](c2cccc(Br)c2)Nc2ncnn21. The molecule has 134 valence electrons. The lowest BCUT2D eigenvalue weighted by atomic mass is 9.93. The van der Waals surface area contributed by atoms with E-state index in [9.17, 15) is 8.78 Å². The van der Waals surface area contributed by atoms with E-state index in [0.717, 1.165) is 10.0 Å². The number of alkyl halides is 2. The van der Waals surface area contributed by atoms with Gasteiger partial charge in [0.05, 0.1) is 12.1 Å². The summed E-state index contributed by atoms with van der Waals surface area (Å²) >= 11 is 3.49. The molecule has 0 bridgehead atoms. The second kappa shape index (κ2) is 7.03. The largest absolute Gasteiger partial charge is 0.434 e. The van der Waals surface area contributed by atoms with Gasteiger partial charge in [0.1, 0.15) is 12.1 Å². The second-order valence-corrected chi connectivity index (χ2v) is 6.86. The van der Waals surface area contributed by atoms with Gasteiger partial charge in [-0.1, -0.05) is 46.3 Å². The summed E-state index contributed by atoms with van der Waals surface area (Å²) in [5.74, 6) is 0.752. The molecule has 0 fully saturated rings. The predicted octanol–water partition coefficient (Wildman–Crippen LogP) is 4.79. The fraction of sp³-hybridized carbons (Fsp3) is 0.222. The first-order valence-corrected chi connectivity index (χ1v) is 8.86. The number of aromatic nitrogens is 3. The molecule has 1 aromatic heterocycles. The van der Waals surface area contributed by atoms with Crippen LogP contribution >= 0.6 is 15.9 Å². The Bertz CT molecular complexity index is 917. The maximum atomic E-state index is 12.8. The molecule has 4 rings (SSSR count). The van der Waals surface area contributed by atoms with Crippen molar-refractivity contribution in [3.8, 4) is 5.75 Å². The third-order valence-corrected chi connectivity index (χ3v) is 4.87. The van der Waals surface area contributed by atoms with E-state index in [1.165, 1.54) is 6.33 Å². The summed E-state index contributed by atoms with van der Waals surface area (Å²) in [6.45, 7) is -2.88. The minimum Gasteiger partial charge on any atom is -0.434 e. The lowest BCUT2D eigenvalue weighted by molar-refractivity contribution is -0.0507. The predicted molar refractivity (Wildman–Crippen MR) is 96.4 cm³/mol. The molecule has 1 N–H and O–H groups in total. The minimum atomic E-state index is -2.88. The first kappa shape index (κ1) is 17.0. The van der Waals surface area contributed by atoms with Crippen molar-refractivity contribution < 1.29 is 13.5 Å². The topological polar surface area (TPSA) is 52.0 Å². The van der Waals surface area contributed by atoms with Gasteiger partial charge in [-0.25, -0.2) is 4.68 Å². The number of hydrogen-bond donors (Lipinski definition) is 1. The molecule has 3 aromatic rings. The van der Waals surface area contributed by atoms with Crippen LogP contribution in [0.2, 0.25) is 0 Å². The van der Waals surface area contributed by atoms with Crippen LogP contribution < -0.4 is 10.1 Å². The quantitative estimate of drug-likeness (QED) is 0.659. The number of nitrogens with one attached hydrogen (secondary N) is 1. The average Bonchev–Trinajstić information content (AvgIpc) is 3.09. The molecule has 1 aliphatic heterocycles. The highest BCUT2D eigenvalue weighted by atomic mass is 79.9. The van der Waals surface area contributed by atoms with Gasteiger partial charge in [0, 0.05) is 10.0 Å². The summed E-state index contributed by atoms with van der Waals surface area (Å²) < 4.78 is 33.0. The number of para-hydroxylation sites is 1. The summed E-state index contributed by atoms with van der Waals surface area (Å²) in [6, 6.07) is 14.5. The Hall–Kier alpha value is -2.48. The highest BCUT2D eigenvalue weighted by molar-refractivity contribution is 9.10. The van der Waals surface area contributed by atoms with E-state index in [2.05, 4.69) is 31.3 Å². The van der Waals surface area contributed by atoms with E-state index in [1.807, 2.05) is 24.3 Å². The third-order valence-electron chi connectivity index (χ3n) is 4.38. The van der Waals surface area contributed by atoms with E-state index >= 15 is 0 Å². The van der Waals surface area contributed by atoms with Gasteiger partial charge < -0.3 is 10.1 Å². The normalized spacial score (nSPS) is 19.1. The molecule has 2 atom stereocenters. The number of ether oxygens (including phenoxy) is 1. The van der Waals surface area contributed by atoms with Crippen molar-refractivity contribution in [3.05, 3.63) is 70.5 Å². The lowest BCUT2D eigenvalue weighted by Gasteiger charge is -2.32. The zero-order valence-electron chi connectivity index (χ0n) is 13.5. The molecule has 26 heavy (non-hydrogen) atoms. The Morgan fingerprint density at radius 1 is 1.19 bits per heavy atom. The van der Waals surface area contributed by atoms with Crippen LogP contribution in [0.1, 0.15) is 29.6 Å². The molecule has 0 amide bonds. The van der Waals surface area contributed by atoms with Gasteiger partial charge in [-0.3, -0.25) is 0 Å². The van der Waals surface area contributed by atoms with Crippen molar-refractivity contribution in [2.24, 2.45) is 0 Å². The molecule has 0 saturated carbocycles. The molecule has 0 radical (unpaired) electrons. The molecule has 1 aliphatic rings. The highest BCUT2D eigenvalue weighted by Crippen LogP contribution is 2.40. The maximum Gasteiger partial charge on any atom is 0.387 e. The smallest absolute Gasteiger partial charge is 0.387 e. The van der Waals surface area contributed by atoms with E-state index in [4.69, 9.17) is 4.74 Å². The third kappa shape index (κ3) is 3.29. The first-order valence-electron chi connectivity index (χ1n) is 8.07. The molecule has 0 spiro atoms. The molecule has 0 saturated heterocycles. The molecular weight excluding hydrogens is 406 g/mol. The van der Waals surface area contributed by atoms with Crippen LogP contribution in [-0.2, 0) is 0 Å². The van der Waals surface area contributed by atoms with E-state index < -0.39 is 6.61 Å². The van der Waals surface area contributed by atoms with Gasteiger partial charge in [0.15, 0.2) is 0 Å². The number of rotatable bonds is 4. The van der Waals surface area contributed by atoms with Gasteiger partial charge in [0.2, 0.25) is 5.95 Å². The van der Waals surface area contributed by atoms with Crippen LogP contribution in [0.4, 0.5) is 14.7 Å². The summed E-state index contributed by atoms with van der Waals surface area (Å²) in [5.41, 5.74) is 1.73. The highest BCUT2D eigenvalue weighted by Gasteiger charge is 2.32. The molecule has 8 heteroatoms. The number of nitrogens with zero attached hydrogens (tertiary/aromatic N) is 3. The van der Waals surface area contributed by atoms with Crippen molar-refractivity contribution in [3.63, 3.8) is 0 Å². The second-order valence-electron chi connectivity index (χ2n) is 5.95. The average molecular weight is 421 g/mol. The van der Waals surface area contributed by atoms with E-state index in [1.54, 1.807) is 28.9 Å². The van der Waals surface area contributed by atoms with Crippen LogP contribution in [0.5, 0.6) is 5.75 Å². The van der Waals surface area contributed by atoms with Crippen molar-refractivity contribution >= 4 is 21.9 Å². The number of halogens is 3. The van der Waals surface area contributed by atoms with Gasteiger partial charge in [0.25, 0.3) is 0 Å². The van der Waals surface area contributed by atoms with Gasteiger partial charge in [-0.15, -0.1) is 0 Å². The Kier molecular flexibility index (Phi) is 4.58. The van der Waals surface area contributed by atoms with Crippen LogP contribution in [-0.4, -0.2) is 21.4 Å². The molecule has 0 unspecified atom stereocenters. The van der Waals surface area contributed by atoms with Gasteiger partial charge in [-0.2, -0.15) is 18.9 Å². The summed E-state index contributed by atoms with van der Waals surface area (Å²) in [6.07, 6.45) is 2.08. The standard InChI is InChI=1S/C18H15BrF2N4O/c19-12-5-3-4-11(8-12)14-9-15(25-18(24-14)22-10-23-25)13-6-1-2-7-16(13)26-17(20)21/h1-8,10,14-15,17H,9H2,(H,22,23,24)/t14-,15+/m1/s1. The van der Waals surface area contributed by atoms with Crippen molar-refractivity contribution in [2.45, 2.75) is 25.1 Å². The monoisotopic (exact) mass is 420 g/mol. The van der Waals surface area contributed by atoms with Crippen LogP contribution in [0, 0.1) is 0 Å². The van der Waals surface area contributed by atoms with Crippen LogP contribution in [0.3, 0.4) is 0 Å². The minimum absolute atomic E-state index is 0.0335. The Morgan fingerprint density at radius 2 is 2.04 bits per heavy atom. The van der Waals surface area contributed by atoms with Crippen LogP contribution in [0.25, 0.3) is 0 Å². The van der Waals surface area contributed by atoms with Crippen molar-refractivity contribution in [1.29, 1.82) is 0 Å². The van der Waals surface area contributed by atoms with Gasteiger partial charge in [-0.05, 0) is 30.2 Å². The number of fused-ring (bicyclic) bond motifs is 1. The Balaban J connectivity index is 1.74. The first-order chi connectivity index (χ1) is 12.6. The zero-order chi connectivity index (χ0) is 18.1. The Morgan fingerprint density at radius 3 is 2.85 bits per heavy atom. The zero-order valence-corrected chi connectivity index (χ0v) is 15.1. The number of anilines is 1. The van der Waals surface area contributed by atoms with E-state index in [-0.39, 0.29) is 17.8 Å². The van der Waals surface area contributed by atoms with Crippen LogP contribution in [0.15, 0.2) is 59.3 Å². The summed E-state index contributed by atoms with van der Waals surface area (Å²) in [4.78, 5) is 4.26. The molecular formula is C18H15BrF2N4O. The molecule has 5 nitrogen and oxygen atoms in total. The molecule has 0 aliphatic carbocycles. The molecule has 2 heterocycles. The van der Waals surface area contributed by atoms with Crippen molar-refractivity contribution in [2.75, 3.05) is 5.32 Å². The molecule has 2 aromatic carbocycles. The maximum absolute atomic E-state index is 12.8. The van der Waals surface area contributed by atoms with Gasteiger partial charge >= 0.3 is 6.61 Å². The summed E-state index contributed by atoms with van der Waals surface area (Å²) in [7, 11) is 0. The van der Waals surface area contributed by atoms with E-state index in [0.29, 0.717) is 17.9 Å². The Labute approximate surface area is 157 Å².